The maximum atomic E-state index is 12.0. The van der Waals surface area contributed by atoms with Crippen molar-refractivity contribution in [1.29, 1.82) is 0 Å². The average Bonchev–Trinajstić information content (AvgIpc) is 2.81. The standard InChI is InChI=1S/C12H11ClN4O3/c1-16-7-8(6-15-16)5-14-12(18)9-3-2-4-10(13)11(9)17(19)20/h2-4,6-7H,5H2,1H3,(H,14,18). The lowest BCUT2D eigenvalue weighted by molar-refractivity contribution is -0.385. The van der Waals surface area contributed by atoms with Gasteiger partial charge in [-0.3, -0.25) is 19.6 Å². The maximum absolute atomic E-state index is 12.0. The lowest BCUT2D eigenvalue weighted by Crippen LogP contribution is -2.23. The number of hydrogen-bond donors (Lipinski definition) is 1. The van der Waals surface area contributed by atoms with Gasteiger partial charge in [-0.1, -0.05) is 17.7 Å². The van der Waals surface area contributed by atoms with E-state index in [-0.39, 0.29) is 17.1 Å². The average molecular weight is 295 g/mol. The molecule has 20 heavy (non-hydrogen) atoms. The summed E-state index contributed by atoms with van der Waals surface area (Å²) in [6.45, 7) is 0.232. The van der Waals surface area contributed by atoms with E-state index in [1.54, 1.807) is 24.1 Å². The Kier molecular flexibility index (Phi) is 3.99. The minimum absolute atomic E-state index is 0.0635. The summed E-state index contributed by atoms with van der Waals surface area (Å²) in [5.74, 6) is -0.553. The normalized spacial score (nSPS) is 10.3. The van der Waals surface area contributed by atoms with Crippen molar-refractivity contribution in [2.24, 2.45) is 7.05 Å². The fourth-order valence-corrected chi connectivity index (χ4v) is 1.97. The van der Waals surface area contributed by atoms with Crippen LogP contribution < -0.4 is 5.32 Å². The quantitative estimate of drug-likeness (QED) is 0.689. The highest BCUT2D eigenvalue weighted by molar-refractivity contribution is 6.33. The highest BCUT2D eigenvalue weighted by atomic mass is 35.5. The van der Waals surface area contributed by atoms with Crippen LogP contribution in [0.2, 0.25) is 5.02 Å². The Bertz CT molecular complexity index is 668. The molecule has 7 nitrogen and oxygen atoms in total. The van der Waals surface area contributed by atoms with Crippen LogP contribution in [0.1, 0.15) is 15.9 Å². The minimum Gasteiger partial charge on any atom is -0.348 e. The number of nitro groups is 1. The number of nitrogens with one attached hydrogen (secondary N) is 1. The fourth-order valence-electron chi connectivity index (χ4n) is 1.72. The summed E-state index contributed by atoms with van der Waals surface area (Å²) >= 11 is 5.75. The predicted octanol–water partition coefficient (Wildman–Crippen LogP) is 1.91. The fraction of sp³-hybridized carbons (Fsp3) is 0.167. The maximum Gasteiger partial charge on any atom is 0.300 e. The van der Waals surface area contributed by atoms with Crippen LogP contribution in [0.5, 0.6) is 0 Å². The monoisotopic (exact) mass is 294 g/mol. The van der Waals surface area contributed by atoms with Gasteiger partial charge in [0, 0.05) is 25.4 Å². The predicted molar refractivity (Wildman–Crippen MR) is 72.5 cm³/mol. The molecule has 2 rings (SSSR count). The molecule has 8 heteroatoms. The molecule has 104 valence electrons. The number of amides is 1. The number of benzene rings is 1. The smallest absolute Gasteiger partial charge is 0.300 e. The zero-order valence-corrected chi connectivity index (χ0v) is 11.3. The van der Waals surface area contributed by atoms with Gasteiger partial charge in [0.1, 0.15) is 10.6 Å². The molecule has 1 aromatic heterocycles. The molecule has 0 bridgehead atoms. The lowest BCUT2D eigenvalue weighted by atomic mass is 10.1. The number of para-hydroxylation sites is 1. The molecule has 0 aliphatic carbocycles. The molecule has 2 aromatic rings. The second kappa shape index (κ2) is 5.70. The summed E-state index contributed by atoms with van der Waals surface area (Å²) in [6.07, 6.45) is 3.35. The van der Waals surface area contributed by atoms with Gasteiger partial charge in [0.25, 0.3) is 5.91 Å². The molecule has 1 aromatic carbocycles. The van der Waals surface area contributed by atoms with Crippen molar-refractivity contribution in [2.75, 3.05) is 0 Å². The third-order valence-corrected chi connectivity index (χ3v) is 2.93. The van der Waals surface area contributed by atoms with E-state index in [4.69, 9.17) is 11.6 Å². The number of nitrogens with zero attached hydrogens (tertiary/aromatic N) is 3. The first-order valence-corrected chi connectivity index (χ1v) is 6.05. The van der Waals surface area contributed by atoms with Gasteiger partial charge in [-0.25, -0.2) is 0 Å². The van der Waals surface area contributed by atoms with E-state index >= 15 is 0 Å². The van der Waals surface area contributed by atoms with Crippen LogP contribution in [0.4, 0.5) is 5.69 Å². The van der Waals surface area contributed by atoms with E-state index in [0.717, 1.165) is 5.56 Å². The molecule has 0 atom stereocenters. The van der Waals surface area contributed by atoms with E-state index in [9.17, 15) is 14.9 Å². The Morgan fingerprint density at radius 1 is 1.55 bits per heavy atom. The molecule has 0 saturated heterocycles. The van der Waals surface area contributed by atoms with Crippen LogP contribution in [-0.2, 0) is 13.6 Å². The summed E-state index contributed by atoms with van der Waals surface area (Å²) in [4.78, 5) is 22.3. The number of halogens is 1. The zero-order valence-electron chi connectivity index (χ0n) is 10.5. The summed E-state index contributed by atoms with van der Waals surface area (Å²) in [6, 6.07) is 4.23. The van der Waals surface area contributed by atoms with Gasteiger partial charge < -0.3 is 5.32 Å². The van der Waals surface area contributed by atoms with Crippen molar-refractivity contribution >= 4 is 23.2 Å². The molecule has 1 N–H and O–H groups in total. The van der Waals surface area contributed by atoms with Gasteiger partial charge in [-0.05, 0) is 12.1 Å². The summed E-state index contributed by atoms with van der Waals surface area (Å²) in [7, 11) is 1.76. The Labute approximate surface area is 119 Å². The first kappa shape index (κ1) is 14.0. The number of rotatable bonds is 4. The molecule has 0 aliphatic heterocycles. The van der Waals surface area contributed by atoms with Crippen molar-refractivity contribution < 1.29 is 9.72 Å². The minimum atomic E-state index is -0.665. The van der Waals surface area contributed by atoms with Gasteiger partial charge in [0.05, 0.1) is 11.1 Å². The molecular weight excluding hydrogens is 284 g/mol. The van der Waals surface area contributed by atoms with Gasteiger partial charge in [-0.2, -0.15) is 5.10 Å². The van der Waals surface area contributed by atoms with Crippen molar-refractivity contribution in [1.82, 2.24) is 15.1 Å². The van der Waals surface area contributed by atoms with E-state index in [2.05, 4.69) is 10.4 Å². The van der Waals surface area contributed by atoms with Crippen LogP contribution in [0.3, 0.4) is 0 Å². The molecule has 1 amide bonds. The van der Waals surface area contributed by atoms with E-state index < -0.39 is 16.5 Å². The molecular formula is C12H11ClN4O3. The van der Waals surface area contributed by atoms with Crippen LogP contribution in [0, 0.1) is 10.1 Å². The number of aromatic nitrogens is 2. The Balaban J connectivity index is 2.17. The van der Waals surface area contributed by atoms with E-state index in [1.165, 1.54) is 18.2 Å². The Morgan fingerprint density at radius 2 is 2.30 bits per heavy atom. The summed E-state index contributed by atoms with van der Waals surface area (Å²) < 4.78 is 1.60. The van der Waals surface area contributed by atoms with Crippen LogP contribution in [0.15, 0.2) is 30.6 Å². The van der Waals surface area contributed by atoms with E-state index in [0.29, 0.717) is 0 Å². The molecule has 0 unspecified atom stereocenters. The van der Waals surface area contributed by atoms with Crippen molar-refractivity contribution in [3.63, 3.8) is 0 Å². The number of aryl methyl sites for hydroxylation is 1. The lowest BCUT2D eigenvalue weighted by Gasteiger charge is -2.05. The van der Waals surface area contributed by atoms with Crippen molar-refractivity contribution in [2.45, 2.75) is 6.54 Å². The van der Waals surface area contributed by atoms with Crippen molar-refractivity contribution in [3.8, 4) is 0 Å². The molecule has 0 fully saturated rings. The number of nitro benzene ring substituents is 1. The molecule has 1 heterocycles. The molecule has 0 aliphatic rings. The first-order valence-electron chi connectivity index (χ1n) is 5.67. The van der Waals surface area contributed by atoms with Gasteiger partial charge in [0.2, 0.25) is 0 Å². The molecule has 0 saturated carbocycles. The molecule has 0 radical (unpaired) electrons. The van der Waals surface area contributed by atoms with Gasteiger partial charge in [0.15, 0.2) is 0 Å². The number of hydrogen-bond acceptors (Lipinski definition) is 4. The Morgan fingerprint density at radius 3 is 2.90 bits per heavy atom. The SMILES string of the molecule is Cn1cc(CNC(=O)c2cccc(Cl)c2[N+](=O)[O-])cn1. The third kappa shape index (κ3) is 2.94. The molecule has 0 spiro atoms. The highest BCUT2D eigenvalue weighted by Gasteiger charge is 2.23. The third-order valence-electron chi connectivity index (χ3n) is 2.63. The topological polar surface area (TPSA) is 90.1 Å². The van der Waals surface area contributed by atoms with Crippen molar-refractivity contribution in [3.05, 3.63) is 56.9 Å². The van der Waals surface area contributed by atoms with E-state index in [1.807, 2.05) is 0 Å². The van der Waals surface area contributed by atoms with Crippen LogP contribution in [0.25, 0.3) is 0 Å². The highest BCUT2D eigenvalue weighted by Crippen LogP contribution is 2.28. The van der Waals surface area contributed by atoms with Gasteiger partial charge >= 0.3 is 5.69 Å². The zero-order chi connectivity index (χ0) is 14.7. The number of carbonyl (C=O) groups excluding carboxylic acids is 1. The first-order chi connectivity index (χ1) is 9.49. The second-order valence-electron chi connectivity index (χ2n) is 4.10. The van der Waals surface area contributed by atoms with Crippen LogP contribution >= 0.6 is 11.6 Å². The largest absolute Gasteiger partial charge is 0.348 e. The Hall–Kier alpha value is -2.41. The van der Waals surface area contributed by atoms with Gasteiger partial charge in [-0.15, -0.1) is 0 Å². The summed E-state index contributed by atoms with van der Waals surface area (Å²) in [5, 5.41) is 17.4. The summed E-state index contributed by atoms with van der Waals surface area (Å²) in [5.41, 5.74) is 0.342. The van der Waals surface area contributed by atoms with Crippen LogP contribution in [-0.4, -0.2) is 20.6 Å². The second-order valence-corrected chi connectivity index (χ2v) is 4.51. The number of carbonyl (C=O) groups is 1.